The molecule has 5 nitrogen and oxygen atoms in total. The van der Waals surface area contributed by atoms with Crippen molar-refractivity contribution in [3.05, 3.63) is 28.2 Å². The Hall–Kier alpha value is -1.27. The van der Waals surface area contributed by atoms with E-state index < -0.39 is 0 Å². The predicted octanol–water partition coefficient (Wildman–Crippen LogP) is 1.27. The zero-order valence-corrected chi connectivity index (χ0v) is 7.90. The first kappa shape index (κ1) is 8.33. The Morgan fingerprint density at radius 2 is 2.54 bits per heavy atom. The van der Waals surface area contributed by atoms with Crippen molar-refractivity contribution in [2.75, 3.05) is 0 Å². The summed E-state index contributed by atoms with van der Waals surface area (Å²) in [4.78, 5) is 9.07. The minimum Gasteiger partial charge on any atom is -0.242 e. The standard InChI is InChI=1S/C6H4ClN5S/c7-5-1-9-6(13-5)2-10-12-4-8-3-11-12/h1-4H/b10-2+. The third-order valence-electron chi connectivity index (χ3n) is 1.19. The van der Waals surface area contributed by atoms with Gasteiger partial charge in [-0.15, -0.1) is 21.2 Å². The monoisotopic (exact) mass is 213 g/mol. The van der Waals surface area contributed by atoms with Crippen LogP contribution in [0.5, 0.6) is 0 Å². The molecule has 0 radical (unpaired) electrons. The largest absolute Gasteiger partial charge is 0.242 e. The van der Waals surface area contributed by atoms with Crippen LogP contribution in [0.3, 0.4) is 0 Å². The molecule has 0 aliphatic carbocycles. The molecule has 0 amide bonds. The molecule has 0 aromatic carbocycles. The van der Waals surface area contributed by atoms with Gasteiger partial charge in [0, 0.05) is 0 Å². The van der Waals surface area contributed by atoms with Crippen LogP contribution in [-0.2, 0) is 0 Å². The lowest BCUT2D eigenvalue weighted by Crippen LogP contribution is -1.89. The molecule has 0 saturated carbocycles. The van der Waals surface area contributed by atoms with Gasteiger partial charge in [-0.2, -0.15) is 5.10 Å². The SMILES string of the molecule is Clc1cnc(/C=N/n2cncn2)s1. The third-order valence-corrected chi connectivity index (χ3v) is 2.24. The Balaban J connectivity index is 2.14. The van der Waals surface area contributed by atoms with E-state index in [1.807, 2.05) is 0 Å². The highest BCUT2D eigenvalue weighted by Crippen LogP contribution is 2.16. The van der Waals surface area contributed by atoms with E-state index in [1.165, 1.54) is 28.8 Å². The number of aromatic nitrogens is 4. The molecule has 2 aromatic heterocycles. The molecule has 0 N–H and O–H groups in total. The zero-order valence-electron chi connectivity index (χ0n) is 6.33. The quantitative estimate of drug-likeness (QED) is 0.706. The number of thiazole rings is 1. The maximum atomic E-state index is 5.68. The molecule has 7 heteroatoms. The molecule has 2 rings (SSSR count). The van der Waals surface area contributed by atoms with Gasteiger partial charge in [0.1, 0.15) is 22.0 Å². The van der Waals surface area contributed by atoms with Gasteiger partial charge in [0.25, 0.3) is 0 Å². The van der Waals surface area contributed by atoms with Crippen LogP contribution in [0.2, 0.25) is 4.34 Å². The normalized spacial score (nSPS) is 11.2. The number of hydrogen-bond acceptors (Lipinski definition) is 5. The molecule has 0 aliphatic rings. The van der Waals surface area contributed by atoms with Crippen molar-refractivity contribution in [1.29, 1.82) is 0 Å². The van der Waals surface area contributed by atoms with Crippen LogP contribution in [0.15, 0.2) is 24.0 Å². The van der Waals surface area contributed by atoms with Crippen molar-refractivity contribution in [2.45, 2.75) is 0 Å². The summed E-state index contributed by atoms with van der Waals surface area (Å²) < 4.78 is 0.639. The van der Waals surface area contributed by atoms with E-state index in [2.05, 4.69) is 20.2 Å². The summed E-state index contributed by atoms with van der Waals surface area (Å²) in [6.45, 7) is 0. The highest BCUT2D eigenvalue weighted by atomic mass is 35.5. The van der Waals surface area contributed by atoms with Crippen LogP contribution in [0.4, 0.5) is 0 Å². The maximum absolute atomic E-state index is 5.68. The van der Waals surface area contributed by atoms with Crippen molar-refractivity contribution >= 4 is 29.2 Å². The molecule has 0 bridgehead atoms. The first-order valence-electron chi connectivity index (χ1n) is 3.35. The van der Waals surface area contributed by atoms with Gasteiger partial charge < -0.3 is 0 Å². The third kappa shape index (κ3) is 2.10. The summed E-state index contributed by atoms with van der Waals surface area (Å²) >= 11 is 7.03. The summed E-state index contributed by atoms with van der Waals surface area (Å²) in [5.74, 6) is 0. The minimum atomic E-state index is 0.639. The molecule has 0 spiro atoms. The topological polar surface area (TPSA) is 56.0 Å². The van der Waals surface area contributed by atoms with E-state index in [1.54, 1.807) is 12.4 Å². The molecular weight excluding hydrogens is 210 g/mol. The fourth-order valence-electron chi connectivity index (χ4n) is 0.697. The molecule has 0 fully saturated rings. The molecule has 0 atom stereocenters. The molecule has 66 valence electrons. The van der Waals surface area contributed by atoms with Crippen LogP contribution in [0.1, 0.15) is 5.01 Å². The average Bonchev–Trinajstić information content (AvgIpc) is 2.71. The first-order valence-corrected chi connectivity index (χ1v) is 4.54. The lowest BCUT2D eigenvalue weighted by molar-refractivity contribution is 0.743. The van der Waals surface area contributed by atoms with Gasteiger partial charge in [0.05, 0.1) is 12.4 Å². The van der Waals surface area contributed by atoms with Crippen molar-refractivity contribution in [3.63, 3.8) is 0 Å². The van der Waals surface area contributed by atoms with Gasteiger partial charge in [0.15, 0.2) is 0 Å². The van der Waals surface area contributed by atoms with Crippen LogP contribution >= 0.6 is 22.9 Å². The highest BCUT2D eigenvalue weighted by Gasteiger charge is 1.95. The van der Waals surface area contributed by atoms with E-state index in [0.717, 1.165) is 5.01 Å². The summed E-state index contributed by atoms with van der Waals surface area (Å²) in [7, 11) is 0. The molecule has 0 aliphatic heterocycles. The first-order chi connectivity index (χ1) is 6.34. The van der Waals surface area contributed by atoms with Gasteiger partial charge in [-0.1, -0.05) is 11.6 Å². The van der Waals surface area contributed by atoms with E-state index >= 15 is 0 Å². The van der Waals surface area contributed by atoms with Gasteiger partial charge in [-0.3, -0.25) is 0 Å². The van der Waals surface area contributed by atoms with Crippen LogP contribution < -0.4 is 0 Å². The Kier molecular flexibility index (Phi) is 2.33. The Morgan fingerprint density at radius 3 is 3.15 bits per heavy atom. The van der Waals surface area contributed by atoms with E-state index in [4.69, 9.17) is 11.6 Å². The Labute approximate surface area is 82.7 Å². The molecule has 2 aromatic rings. The number of halogens is 1. The molecular formula is C6H4ClN5S. The lowest BCUT2D eigenvalue weighted by atomic mass is 10.8. The van der Waals surface area contributed by atoms with Gasteiger partial charge in [0.2, 0.25) is 0 Å². The number of hydrogen-bond donors (Lipinski definition) is 0. The summed E-state index contributed by atoms with van der Waals surface area (Å²) in [5, 5.41) is 8.48. The molecule has 0 saturated heterocycles. The predicted molar refractivity (Wildman–Crippen MR) is 50.1 cm³/mol. The van der Waals surface area contributed by atoms with Gasteiger partial charge in [-0.25, -0.2) is 9.97 Å². The maximum Gasteiger partial charge on any atom is 0.139 e. The minimum absolute atomic E-state index is 0.639. The molecule has 13 heavy (non-hydrogen) atoms. The van der Waals surface area contributed by atoms with E-state index in [9.17, 15) is 0 Å². The summed E-state index contributed by atoms with van der Waals surface area (Å²) in [6.07, 6.45) is 6.05. The average molecular weight is 214 g/mol. The highest BCUT2D eigenvalue weighted by molar-refractivity contribution is 7.17. The second-order valence-electron chi connectivity index (χ2n) is 2.06. The van der Waals surface area contributed by atoms with Crippen LogP contribution in [-0.4, -0.2) is 26.1 Å². The van der Waals surface area contributed by atoms with E-state index in [-0.39, 0.29) is 0 Å². The molecule has 2 heterocycles. The van der Waals surface area contributed by atoms with Crippen LogP contribution in [0, 0.1) is 0 Å². The second kappa shape index (κ2) is 3.63. The lowest BCUT2D eigenvalue weighted by Gasteiger charge is -1.84. The van der Waals surface area contributed by atoms with E-state index in [0.29, 0.717) is 4.34 Å². The smallest absolute Gasteiger partial charge is 0.139 e. The second-order valence-corrected chi connectivity index (χ2v) is 3.76. The van der Waals surface area contributed by atoms with Crippen LogP contribution in [0.25, 0.3) is 0 Å². The summed E-state index contributed by atoms with van der Waals surface area (Å²) in [6, 6.07) is 0. The fourth-order valence-corrected chi connectivity index (χ4v) is 1.49. The Bertz CT molecular complexity index is 406. The number of rotatable bonds is 2. The summed E-state index contributed by atoms with van der Waals surface area (Å²) in [5.41, 5.74) is 0. The van der Waals surface area contributed by atoms with Gasteiger partial charge in [-0.05, 0) is 0 Å². The fraction of sp³-hybridized carbons (Fsp3) is 0. The molecule has 0 unspecified atom stereocenters. The zero-order chi connectivity index (χ0) is 9.10. The van der Waals surface area contributed by atoms with Crippen molar-refractivity contribution in [2.24, 2.45) is 5.10 Å². The number of nitrogens with zero attached hydrogens (tertiary/aromatic N) is 5. The van der Waals surface area contributed by atoms with Crippen molar-refractivity contribution in [3.8, 4) is 0 Å². The van der Waals surface area contributed by atoms with Crippen molar-refractivity contribution in [1.82, 2.24) is 19.9 Å². The Morgan fingerprint density at radius 1 is 1.62 bits per heavy atom. The van der Waals surface area contributed by atoms with Crippen molar-refractivity contribution < 1.29 is 0 Å². The van der Waals surface area contributed by atoms with Gasteiger partial charge >= 0.3 is 0 Å².